The molecule has 1 amide bonds. The molecular formula is C12H20N2O3. The number of hydrogen-bond donors (Lipinski definition) is 1. The summed E-state index contributed by atoms with van der Waals surface area (Å²) < 4.78 is 5.24. The number of ether oxygens (including phenoxy) is 1. The van der Waals surface area contributed by atoms with E-state index >= 15 is 0 Å². The van der Waals surface area contributed by atoms with Crippen molar-refractivity contribution in [1.29, 1.82) is 0 Å². The summed E-state index contributed by atoms with van der Waals surface area (Å²) in [6.07, 6.45) is 6.48. The van der Waals surface area contributed by atoms with E-state index in [0.717, 1.165) is 0 Å². The van der Waals surface area contributed by atoms with Crippen LogP contribution in [0.4, 0.5) is 4.79 Å². The van der Waals surface area contributed by atoms with Gasteiger partial charge in [-0.15, -0.1) is 11.6 Å². The highest BCUT2D eigenvalue weighted by molar-refractivity contribution is 5.70. The number of rotatable bonds is 4. The van der Waals surface area contributed by atoms with E-state index in [1.54, 1.807) is 20.8 Å². The minimum absolute atomic E-state index is 0.162. The third kappa shape index (κ3) is 6.46. The molecule has 0 fully saturated rings. The van der Waals surface area contributed by atoms with Crippen LogP contribution >= 0.6 is 0 Å². The molecule has 1 N–H and O–H groups in total. The maximum Gasteiger partial charge on any atom is 0.411 e. The molecule has 0 aliphatic carbocycles. The highest BCUT2D eigenvalue weighted by atomic mass is 16.6. The van der Waals surface area contributed by atoms with Crippen molar-refractivity contribution in [2.24, 2.45) is 5.16 Å². The Labute approximate surface area is 102 Å². The fourth-order valence-corrected chi connectivity index (χ4v) is 1.15. The second-order valence-corrected chi connectivity index (χ2v) is 4.70. The fourth-order valence-electron chi connectivity index (χ4n) is 1.15. The Balaban J connectivity index is 4.61. The Hall–Kier alpha value is -1.70. The minimum atomic E-state index is -0.561. The zero-order valence-electron chi connectivity index (χ0n) is 10.8. The van der Waals surface area contributed by atoms with Crippen LogP contribution in [0.25, 0.3) is 0 Å². The summed E-state index contributed by atoms with van der Waals surface area (Å²) in [5, 5.41) is 11.2. The number of terminal acetylenes is 1. The van der Waals surface area contributed by atoms with Crippen molar-refractivity contribution in [3.8, 4) is 12.3 Å². The zero-order valence-corrected chi connectivity index (χ0v) is 10.8. The van der Waals surface area contributed by atoms with Crippen molar-refractivity contribution in [1.82, 2.24) is 4.90 Å². The molecular weight excluding hydrogens is 220 g/mol. The van der Waals surface area contributed by atoms with Gasteiger partial charge in [0.1, 0.15) is 5.60 Å². The molecule has 0 aliphatic rings. The van der Waals surface area contributed by atoms with Gasteiger partial charge in [0.2, 0.25) is 0 Å². The molecule has 0 rings (SSSR count). The molecule has 0 aliphatic heterocycles. The third-order valence-corrected chi connectivity index (χ3v) is 1.95. The van der Waals surface area contributed by atoms with Gasteiger partial charge in [0, 0.05) is 18.7 Å². The SMILES string of the molecule is C#CCN(C(=O)OC(C)(C)C)[C@@H](C)C/C=N\O. The highest BCUT2D eigenvalue weighted by Gasteiger charge is 2.24. The van der Waals surface area contributed by atoms with E-state index in [1.807, 2.05) is 6.92 Å². The second kappa shape index (κ2) is 6.79. The van der Waals surface area contributed by atoms with Gasteiger partial charge in [0.05, 0.1) is 6.54 Å². The van der Waals surface area contributed by atoms with Crippen molar-refractivity contribution in [2.75, 3.05) is 6.54 Å². The molecule has 0 aromatic rings. The van der Waals surface area contributed by atoms with Crippen LogP contribution < -0.4 is 0 Å². The molecule has 0 spiro atoms. The van der Waals surface area contributed by atoms with Crippen molar-refractivity contribution < 1.29 is 14.7 Å². The monoisotopic (exact) mass is 240 g/mol. The summed E-state index contributed by atoms with van der Waals surface area (Å²) in [7, 11) is 0. The fraction of sp³-hybridized carbons (Fsp3) is 0.667. The lowest BCUT2D eigenvalue weighted by molar-refractivity contribution is 0.0213. The molecule has 0 saturated carbocycles. The lowest BCUT2D eigenvalue weighted by Crippen LogP contribution is -2.42. The van der Waals surface area contributed by atoms with Crippen LogP contribution in [-0.2, 0) is 4.74 Å². The molecule has 96 valence electrons. The second-order valence-electron chi connectivity index (χ2n) is 4.70. The van der Waals surface area contributed by atoms with Crippen LogP contribution in [0.2, 0.25) is 0 Å². The van der Waals surface area contributed by atoms with E-state index < -0.39 is 11.7 Å². The zero-order chi connectivity index (χ0) is 13.5. The third-order valence-electron chi connectivity index (χ3n) is 1.95. The molecule has 5 heteroatoms. The molecule has 0 bridgehead atoms. The van der Waals surface area contributed by atoms with Gasteiger partial charge in [-0.05, 0) is 27.7 Å². The number of nitrogens with zero attached hydrogens (tertiary/aromatic N) is 2. The van der Waals surface area contributed by atoms with Gasteiger partial charge >= 0.3 is 6.09 Å². The molecule has 17 heavy (non-hydrogen) atoms. The van der Waals surface area contributed by atoms with E-state index in [4.69, 9.17) is 16.4 Å². The van der Waals surface area contributed by atoms with Crippen LogP contribution in [0.5, 0.6) is 0 Å². The summed E-state index contributed by atoms with van der Waals surface area (Å²) in [5.74, 6) is 2.41. The molecule has 5 nitrogen and oxygen atoms in total. The molecule has 0 unspecified atom stereocenters. The summed E-state index contributed by atoms with van der Waals surface area (Å²) >= 11 is 0. The standard InChI is InChI=1S/C12H20N2O3/c1-6-9-14(10(2)7-8-13-16)11(15)17-12(3,4)5/h1,8,10,16H,7,9H2,2-5H3/b13-8-/t10-/m0/s1. The number of carbonyl (C=O) groups excluding carboxylic acids is 1. The number of amides is 1. The molecule has 0 aromatic heterocycles. The maximum absolute atomic E-state index is 11.9. The summed E-state index contributed by atoms with van der Waals surface area (Å²) in [6, 6.07) is -0.184. The lowest BCUT2D eigenvalue weighted by Gasteiger charge is -2.29. The summed E-state index contributed by atoms with van der Waals surface area (Å²) in [6.45, 7) is 7.34. The van der Waals surface area contributed by atoms with Gasteiger partial charge in [-0.25, -0.2) is 4.79 Å². The van der Waals surface area contributed by atoms with Crippen molar-refractivity contribution in [3.05, 3.63) is 0 Å². The normalized spacial score (nSPS) is 13.1. The van der Waals surface area contributed by atoms with E-state index in [9.17, 15) is 4.79 Å². The Bertz CT molecular complexity index is 313. The maximum atomic E-state index is 11.9. The quantitative estimate of drug-likeness (QED) is 0.354. The minimum Gasteiger partial charge on any atom is -0.444 e. The van der Waals surface area contributed by atoms with E-state index in [2.05, 4.69) is 11.1 Å². The Morgan fingerprint density at radius 3 is 2.65 bits per heavy atom. The highest BCUT2D eigenvalue weighted by Crippen LogP contribution is 2.12. The van der Waals surface area contributed by atoms with E-state index in [-0.39, 0.29) is 12.6 Å². The van der Waals surface area contributed by atoms with E-state index in [0.29, 0.717) is 6.42 Å². The summed E-state index contributed by atoms with van der Waals surface area (Å²) in [4.78, 5) is 13.3. The predicted molar refractivity (Wildman–Crippen MR) is 66.1 cm³/mol. The predicted octanol–water partition coefficient (Wildman–Crippen LogP) is 2.10. The first-order chi connectivity index (χ1) is 7.81. The van der Waals surface area contributed by atoms with Gasteiger partial charge in [-0.3, -0.25) is 4.90 Å². The van der Waals surface area contributed by atoms with Crippen molar-refractivity contribution >= 4 is 12.3 Å². The van der Waals surface area contributed by atoms with Crippen LogP contribution in [0.3, 0.4) is 0 Å². The smallest absolute Gasteiger partial charge is 0.411 e. The Morgan fingerprint density at radius 2 is 2.24 bits per heavy atom. The largest absolute Gasteiger partial charge is 0.444 e. The van der Waals surface area contributed by atoms with Gasteiger partial charge in [0.15, 0.2) is 0 Å². The van der Waals surface area contributed by atoms with Crippen molar-refractivity contribution in [2.45, 2.75) is 45.8 Å². The van der Waals surface area contributed by atoms with Gasteiger partial charge in [-0.1, -0.05) is 5.92 Å². The van der Waals surface area contributed by atoms with Gasteiger partial charge in [0.25, 0.3) is 0 Å². The van der Waals surface area contributed by atoms with Gasteiger partial charge < -0.3 is 9.94 Å². The molecule has 1 atom stereocenters. The lowest BCUT2D eigenvalue weighted by atomic mass is 10.2. The van der Waals surface area contributed by atoms with Gasteiger partial charge in [-0.2, -0.15) is 0 Å². The number of oxime groups is 1. The van der Waals surface area contributed by atoms with Crippen LogP contribution in [0.1, 0.15) is 34.1 Å². The number of carbonyl (C=O) groups is 1. The number of hydrogen-bond acceptors (Lipinski definition) is 4. The first-order valence-electron chi connectivity index (χ1n) is 5.40. The first-order valence-corrected chi connectivity index (χ1v) is 5.40. The average molecular weight is 240 g/mol. The molecule has 0 aromatic carbocycles. The van der Waals surface area contributed by atoms with E-state index in [1.165, 1.54) is 11.1 Å². The van der Waals surface area contributed by atoms with Crippen LogP contribution in [0.15, 0.2) is 5.16 Å². The molecule has 0 radical (unpaired) electrons. The first kappa shape index (κ1) is 15.3. The van der Waals surface area contributed by atoms with Crippen LogP contribution in [-0.4, -0.2) is 40.6 Å². The average Bonchev–Trinajstić information content (AvgIpc) is 2.19. The molecule has 0 saturated heterocycles. The Kier molecular flexibility index (Phi) is 6.11. The molecule has 0 heterocycles. The Morgan fingerprint density at radius 1 is 1.65 bits per heavy atom. The van der Waals surface area contributed by atoms with Crippen molar-refractivity contribution in [3.63, 3.8) is 0 Å². The topological polar surface area (TPSA) is 62.1 Å². The summed E-state index contributed by atoms with van der Waals surface area (Å²) in [5.41, 5.74) is -0.561. The van der Waals surface area contributed by atoms with Crippen LogP contribution in [0, 0.1) is 12.3 Å².